The van der Waals surface area contributed by atoms with Crippen molar-refractivity contribution in [1.82, 2.24) is 0 Å². The van der Waals surface area contributed by atoms with Crippen LogP contribution in [0.15, 0.2) is 18.2 Å². The third-order valence-corrected chi connectivity index (χ3v) is 2.45. The predicted octanol–water partition coefficient (Wildman–Crippen LogP) is 1.03. The first kappa shape index (κ1) is 10.0. The van der Waals surface area contributed by atoms with E-state index in [0.29, 0.717) is 6.42 Å². The Hall–Kier alpha value is -1.49. The van der Waals surface area contributed by atoms with Crippen molar-refractivity contribution in [3.8, 4) is 0 Å². The molecule has 1 atom stereocenters. The van der Waals surface area contributed by atoms with Crippen LogP contribution in [-0.2, 0) is 4.79 Å². The zero-order chi connectivity index (χ0) is 11.0. The Kier molecular flexibility index (Phi) is 2.40. The van der Waals surface area contributed by atoms with Gasteiger partial charge in [-0.3, -0.25) is 4.79 Å². The molecule has 0 saturated carbocycles. The number of hydrogen-bond acceptors (Lipinski definition) is 2. The van der Waals surface area contributed by atoms with Gasteiger partial charge in [-0.05, 0) is 18.6 Å². The lowest BCUT2D eigenvalue weighted by Crippen LogP contribution is -2.34. The number of anilines is 1. The lowest BCUT2D eigenvalue weighted by molar-refractivity contribution is -0.118. The van der Waals surface area contributed by atoms with E-state index >= 15 is 0 Å². The number of benzene rings is 1. The molecule has 1 aliphatic heterocycles. The average molecular weight is 212 g/mol. The number of carbonyl (C=O) groups is 1. The number of amides is 1. The second kappa shape index (κ2) is 3.58. The Morgan fingerprint density at radius 3 is 2.40 bits per heavy atom. The van der Waals surface area contributed by atoms with Crippen molar-refractivity contribution in [3.05, 3.63) is 29.8 Å². The number of hydrogen-bond donors (Lipinski definition) is 1. The monoisotopic (exact) mass is 212 g/mol. The average Bonchev–Trinajstić information content (AvgIpc) is 2.49. The lowest BCUT2D eigenvalue weighted by Gasteiger charge is -2.17. The van der Waals surface area contributed by atoms with E-state index in [9.17, 15) is 13.6 Å². The summed E-state index contributed by atoms with van der Waals surface area (Å²) in [5, 5.41) is 0. The molecule has 1 aromatic rings. The van der Waals surface area contributed by atoms with Gasteiger partial charge in [0, 0.05) is 6.54 Å². The fourth-order valence-corrected chi connectivity index (χ4v) is 1.67. The van der Waals surface area contributed by atoms with Crippen molar-refractivity contribution in [2.24, 2.45) is 5.73 Å². The molecule has 1 aromatic carbocycles. The zero-order valence-electron chi connectivity index (χ0n) is 7.91. The molecule has 15 heavy (non-hydrogen) atoms. The lowest BCUT2D eigenvalue weighted by atomic mass is 10.2. The molecule has 1 aliphatic rings. The van der Waals surface area contributed by atoms with Crippen molar-refractivity contribution >= 4 is 11.6 Å². The fourth-order valence-electron chi connectivity index (χ4n) is 1.67. The molecule has 0 bridgehead atoms. The van der Waals surface area contributed by atoms with E-state index in [0.717, 1.165) is 17.0 Å². The molecular formula is C10H10F2N2O. The molecule has 1 unspecified atom stereocenters. The Morgan fingerprint density at radius 2 is 1.93 bits per heavy atom. The standard InChI is InChI=1S/C10H10F2N2O/c11-6-2-1-3-7(12)9(6)14-5-4-8(13)10(14)15/h1-3,8H,4-5,13H2. The first-order chi connectivity index (χ1) is 7.11. The molecule has 1 heterocycles. The van der Waals surface area contributed by atoms with Gasteiger partial charge in [0.2, 0.25) is 5.91 Å². The number of rotatable bonds is 1. The highest BCUT2D eigenvalue weighted by Gasteiger charge is 2.32. The van der Waals surface area contributed by atoms with Crippen LogP contribution in [0.25, 0.3) is 0 Å². The Balaban J connectivity index is 2.42. The van der Waals surface area contributed by atoms with Crippen molar-refractivity contribution < 1.29 is 13.6 Å². The van der Waals surface area contributed by atoms with Gasteiger partial charge in [0.05, 0.1) is 6.04 Å². The summed E-state index contributed by atoms with van der Waals surface area (Å²) in [5.41, 5.74) is 5.17. The van der Waals surface area contributed by atoms with E-state index in [1.165, 1.54) is 6.07 Å². The van der Waals surface area contributed by atoms with Gasteiger partial charge >= 0.3 is 0 Å². The van der Waals surface area contributed by atoms with Gasteiger partial charge in [-0.1, -0.05) is 6.07 Å². The highest BCUT2D eigenvalue weighted by Crippen LogP contribution is 2.26. The molecule has 0 aliphatic carbocycles. The summed E-state index contributed by atoms with van der Waals surface area (Å²) in [7, 11) is 0. The molecule has 0 radical (unpaired) electrons. The zero-order valence-corrected chi connectivity index (χ0v) is 7.91. The number of carbonyl (C=O) groups excluding carboxylic acids is 1. The fraction of sp³-hybridized carbons (Fsp3) is 0.300. The van der Waals surface area contributed by atoms with Crippen molar-refractivity contribution in [2.75, 3.05) is 11.4 Å². The molecule has 80 valence electrons. The highest BCUT2D eigenvalue weighted by atomic mass is 19.1. The molecule has 0 spiro atoms. The first-order valence-electron chi connectivity index (χ1n) is 4.62. The van der Waals surface area contributed by atoms with E-state index in [-0.39, 0.29) is 12.2 Å². The molecule has 1 saturated heterocycles. The summed E-state index contributed by atoms with van der Waals surface area (Å²) in [6.45, 7) is 0.262. The molecular weight excluding hydrogens is 202 g/mol. The van der Waals surface area contributed by atoms with Crippen molar-refractivity contribution in [3.63, 3.8) is 0 Å². The van der Waals surface area contributed by atoms with Crippen LogP contribution in [-0.4, -0.2) is 18.5 Å². The van der Waals surface area contributed by atoms with Gasteiger partial charge in [-0.25, -0.2) is 8.78 Å². The maximum atomic E-state index is 13.3. The molecule has 5 heteroatoms. The molecule has 2 rings (SSSR count). The van der Waals surface area contributed by atoms with Crippen molar-refractivity contribution in [2.45, 2.75) is 12.5 Å². The van der Waals surface area contributed by atoms with Crippen LogP contribution < -0.4 is 10.6 Å². The van der Waals surface area contributed by atoms with Gasteiger partial charge < -0.3 is 10.6 Å². The molecule has 1 amide bonds. The summed E-state index contributed by atoms with van der Waals surface area (Å²) in [6.07, 6.45) is 0.423. The van der Waals surface area contributed by atoms with Crippen LogP contribution in [0, 0.1) is 11.6 Å². The third kappa shape index (κ3) is 1.59. The third-order valence-electron chi connectivity index (χ3n) is 2.45. The van der Waals surface area contributed by atoms with E-state index in [1.54, 1.807) is 0 Å². The number of para-hydroxylation sites is 1. The van der Waals surface area contributed by atoms with E-state index in [1.807, 2.05) is 0 Å². The summed E-state index contributed by atoms with van der Waals surface area (Å²) in [4.78, 5) is 12.5. The van der Waals surface area contributed by atoms with Gasteiger partial charge in [-0.2, -0.15) is 0 Å². The SMILES string of the molecule is NC1CCN(c2c(F)cccc2F)C1=O. The summed E-state index contributed by atoms with van der Waals surface area (Å²) < 4.78 is 26.7. The van der Waals surface area contributed by atoms with Crippen LogP contribution >= 0.6 is 0 Å². The van der Waals surface area contributed by atoms with Gasteiger partial charge in [0.1, 0.15) is 17.3 Å². The van der Waals surface area contributed by atoms with Crippen LogP contribution in [0.1, 0.15) is 6.42 Å². The highest BCUT2D eigenvalue weighted by molar-refractivity contribution is 5.99. The van der Waals surface area contributed by atoms with Gasteiger partial charge in [-0.15, -0.1) is 0 Å². The largest absolute Gasteiger partial charge is 0.320 e. The van der Waals surface area contributed by atoms with Crippen LogP contribution in [0.3, 0.4) is 0 Å². The molecule has 1 fully saturated rings. The predicted molar refractivity (Wildman–Crippen MR) is 51.3 cm³/mol. The van der Waals surface area contributed by atoms with E-state index in [4.69, 9.17) is 5.73 Å². The van der Waals surface area contributed by atoms with E-state index < -0.39 is 23.6 Å². The van der Waals surface area contributed by atoms with Crippen LogP contribution in [0.2, 0.25) is 0 Å². The van der Waals surface area contributed by atoms with Gasteiger partial charge in [0.15, 0.2) is 0 Å². The smallest absolute Gasteiger partial charge is 0.244 e. The molecule has 2 N–H and O–H groups in total. The van der Waals surface area contributed by atoms with E-state index in [2.05, 4.69) is 0 Å². The Bertz CT molecular complexity index is 388. The Labute approximate surface area is 85.5 Å². The number of nitrogens with zero attached hydrogens (tertiary/aromatic N) is 1. The van der Waals surface area contributed by atoms with Gasteiger partial charge in [0.25, 0.3) is 0 Å². The quantitative estimate of drug-likeness (QED) is 0.755. The summed E-state index contributed by atoms with van der Waals surface area (Å²) >= 11 is 0. The Morgan fingerprint density at radius 1 is 1.33 bits per heavy atom. The molecule has 0 aromatic heterocycles. The summed E-state index contributed by atoms with van der Waals surface area (Å²) in [6, 6.07) is 2.85. The minimum atomic E-state index is -0.738. The van der Waals surface area contributed by atoms with Crippen LogP contribution in [0.4, 0.5) is 14.5 Å². The topological polar surface area (TPSA) is 46.3 Å². The van der Waals surface area contributed by atoms with Crippen molar-refractivity contribution in [1.29, 1.82) is 0 Å². The number of halogens is 2. The minimum Gasteiger partial charge on any atom is -0.320 e. The minimum absolute atomic E-state index is 0.262. The maximum Gasteiger partial charge on any atom is 0.244 e. The number of nitrogens with two attached hydrogens (primary N) is 1. The second-order valence-corrected chi connectivity index (χ2v) is 3.46. The maximum absolute atomic E-state index is 13.3. The normalized spacial score (nSPS) is 21.1. The molecule has 3 nitrogen and oxygen atoms in total. The summed E-state index contributed by atoms with van der Waals surface area (Å²) in [5.74, 6) is -1.91. The second-order valence-electron chi connectivity index (χ2n) is 3.46. The first-order valence-corrected chi connectivity index (χ1v) is 4.62. The van der Waals surface area contributed by atoms with Crippen LogP contribution in [0.5, 0.6) is 0 Å².